The van der Waals surface area contributed by atoms with Gasteiger partial charge in [0.2, 0.25) is 0 Å². The van der Waals surface area contributed by atoms with Crippen LogP contribution in [-0.4, -0.2) is 21.4 Å². The van der Waals surface area contributed by atoms with E-state index in [1.54, 1.807) is 6.92 Å². The fourth-order valence-electron chi connectivity index (χ4n) is 1.72. The summed E-state index contributed by atoms with van der Waals surface area (Å²) < 4.78 is 0.391. The van der Waals surface area contributed by atoms with Crippen LogP contribution in [0.3, 0.4) is 0 Å². The lowest BCUT2D eigenvalue weighted by molar-refractivity contribution is -0.117. The number of ketones is 1. The topological polar surface area (TPSA) is 17.1 Å². The van der Waals surface area contributed by atoms with Crippen molar-refractivity contribution in [3.05, 3.63) is 0 Å². The molecule has 0 bridgehead atoms. The highest BCUT2D eigenvalue weighted by molar-refractivity contribution is 8.21. The quantitative estimate of drug-likeness (QED) is 0.695. The molecule has 1 rings (SSSR count). The zero-order valence-corrected chi connectivity index (χ0v) is 10.8. The fraction of sp³-hybridized carbons (Fsp3) is 0.909. The maximum atomic E-state index is 11.0. The van der Waals surface area contributed by atoms with E-state index in [0.29, 0.717) is 9.86 Å². The second kappa shape index (κ2) is 6.06. The molecule has 82 valence electrons. The molecule has 0 saturated carbocycles. The third kappa shape index (κ3) is 3.85. The fourth-order valence-corrected chi connectivity index (χ4v) is 5.04. The normalized spacial score (nSPS) is 19.9. The molecule has 1 heterocycles. The maximum absolute atomic E-state index is 11.0. The predicted octanol–water partition coefficient (Wildman–Crippen LogP) is 3.72. The van der Waals surface area contributed by atoms with E-state index in [1.807, 2.05) is 0 Å². The lowest BCUT2D eigenvalue weighted by Crippen LogP contribution is -2.18. The molecule has 0 aliphatic carbocycles. The molecule has 14 heavy (non-hydrogen) atoms. The summed E-state index contributed by atoms with van der Waals surface area (Å²) in [6.07, 6.45) is 5.70. The van der Waals surface area contributed by atoms with Gasteiger partial charge >= 0.3 is 0 Å². The molecule has 3 heteroatoms. The van der Waals surface area contributed by atoms with E-state index in [-0.39, 0.29) is 0 Å². The van der Waals surface area contributed by atoms with Gasteiger partial charge in [-0.2, -0.15) is 0 Å². The van der Waals surface area contributed by atoms with E-state index >= 15 is 0 Å². The smallest absolute Gasteiger partial charge is 0.129 e. The molecule has 1 saturated heterocycles. The largest absolute Gasteiger partial charge is 0.300 e. The molecule has 0 spiro atoms. The molecule has 0 aromatic carbocycles. The highest BCUT2D eigenvalue weighted by Gasteiger charge is 2.34. The van der Waals surface area contributed by atoms with Crippen LogP contribution < -0.4 is 0 Å². The average molecular weight is 232 g/mol. The van der Waals surface area contributed by atoms with Crippen molar-refractivity contribution in [2.45, 2.75) is 50.0 Å². The second-order valence-electron chi connectivity index (χ2n) is 3.91. The number of hydrogen-bond acceptors (Lipinski definition) is 3. The van der Waals surface area contributed by atoms with Gasteiger partial charge in [-0.05, 0) is 19.8 Å². The molecule has 1 nitrogen and oxygen atoms in total. The highest BCUT2D eigenvalue weighted by Crippen LogP contribution is 2.50. The van der Waals surface area contributed by atoms with Crippen LogP contribution in [0.5, 0.6) is 0 Å². The number of Topliss-reactive ketones (excluding diaryl/α,β-unsaturated/α-hetero) is 1. The number of carbonyl (C=O) groups is 1. The van der Waals surface area contributed by atoms with Gasteiger partial charge in [-0.1, -0.05) is 19.8 Å². The Bertz CT molecular complexity index is 186. The van der Waals surface area contributed by atoms with Crippen molar-refractivity contribution < 1.29 is 4.79 Å². The van der Waals surface area contributed by atoms with E-state index in [2.05, 4.69) is 30.4 Å². The van der Waals surface area contributed by atoms with Gasteiger partial charge in [-0.25, -0.2) is 0 Å². The van der Waals surface area contributed by atoms with Gasteiger partial charge in [0.25, 0.3) is 0 Å². The lowest BCUT2D eigenvalue weighted by Gasteiger charge is -2.26. The summed E-state index contributed by atoms with van der Waals surface area (Å²) in [6, 6.07) is 0. The SMILES string of the molecule is CCCCC1(CCC(C)=O)SCCS1. The van der Waals surface area contributed by atoms with E-state index in [1.165, 1.54) is 30.8 Å². The minimum atomic E-state index is 0.342. The number of thioether (sulfide) groups is 2. The Kier molecular flexibility index (Phi) is 5.39. The molecule has 0 radical (unpaired) electrons. The van der Waals surface area contributed by atoms with Gasteiger partial charge in [0.1, 0.15) is 5.78 Å². The summed E-state index contributed by atoms with van der Waals surface area (Å²) in [5.41, 5.74) is 0. The molecule has 1 fully saturated rings. The van der Waals surface area contributed by atoms with Gasteiger partial charge in [0.15, 0.2) is 0 Å². The lowest BCUT2D eigenvalue weighted by atomic mass is 10.1. The Morgan fingerprint density at radius 2 is 1.93 bits per heavy atom. The third-order valence-corrected chi connectivity index (χ3v) is 6.23. The van der Waals surface area contributed by atoms with Crippen molar-refractivity contribution in [2.24, 2.45) is 0 Å². The first-order chi connectivity index (χ1) is 6.68. The van der Waals surface area contributed by atoms with Crippen LogP contribution in [0.25, 0.3) is 0 Å². The first-order valence-electron chi connectivity index (χ1n) is 5.46. The minimum absolute atomic E-state index is 0.342. The Balaban J connectivity index is 2.40. The Hall–Kier alpha value is 0.370. The van der Waals surface area contributed by atoms with Gasteiger partial charge < -0.3 is 4.79 Å². The Labute approximate surface area is 95.8 Å². The van der Waals surface area contributed by atoms with Crippen molar-refractivity contribution in [3.63, 3.8) is 0 Å². The zero-order valence-electron chi connectivity index (χ0n) is 9.17. The first-order valence-corrected chi connectivity index (χ1v) is 7.43. The van der Waals surface area contributed by atoms with E-state index in [0.717, 1.165) is 12.8 Å². The predicted molar refractivity (Wildman–Crippen MR) is 67.1 cm³/mol. The van der Waals surface area contributed by atoms with Gasteiger partial charge in [0, 0.05) is 17.9 Å². The Morgan fingerprint density at radius 1 is 1.29 bits per heavy atom. The summed E-state index contributed by atoms with van der Waals surface area (Å²) in [7, 11) is 0. The van der Waals surface area contributed by atoms with Crippen molar-refractivity contribution in [1.29, 1.82) is 0 Å². The van der Waals surface area contributed by atoms with Crippen LogP contribution in [0.4, 0.5) is 0 Å². The summed E-state index contributed by atoms with van der Waals surface area (Å²) in [4.78, 5) is 11.0. The standard InChI is InChI=1S/C11H20OS2/c1-3-4-6-11(7-5-10(2)12)13-8-9-14-11/h3-9H2,1-2H3. The van der Waals surface area contributed by atoms with Crippen LogP contribution in [-0.2, 0) is 4.79 Å². The maximum Gasteiger partial charge on any atom is 0.129 e. The van der Waals surface area contributed by atoms with Gasteiger partial charge in [-0.15, -0.1) is 23.5 Å². The summed E-state index contributed by atoms with van der Waals surface area (Å²) in [6.45, 7) is 3.95. The molecular weight excluding hydrogens is 212 g/mol. The van der Waals surface area contributed by atoms with Crippen molar-refractivity contribution in [1.82, 2.24) is 0 Å². The average Bonchev–Trinajstić information content (AvgIpc) is 2.61. The molecule has 0 atom stereocenters. The van der Waals surface area contributed by atoms with Gasteiger partial charge in [0.05, 0.1) is 4.08 Å². The summed E-state index contributed by atoms with van der Waals surface area (Å²) in [5, 5.41) is 0. The number of rotatable bonds is 6. The zero-order chi connectivity index (χ0) is 10.4. The van der Waals surface area contributed by atoms with Crippen molar-refractivity contribution in [2.75, 3.05) is 11.5 Å². The third-order valence-electron chi connectivity index (χ3n) is 2.58. The second-order valence-corrected chi connectivity index (χ2v) is 7.13. The molecular formula is C11H20OS2. The summed E-state index contributed by atoms with van der Waals surface area (Å²) >= 11 is 4.16. The van der Waals surface area contributed by atoms with E-state index in [4.69, 9.17) is 0 Å². The van der Waals surface area contributed by atoms with Crippen molar-refractivity contribution >= 4 is 29.3 Å². The Morgan fingerprint density at radius 3 is 2.43 bits per heavy atom. The number of carbonyl (C=O) groups excluding carboxylic acids is 1. The molecule has 1 aliphatic rings. The monoisotopic (exact) mass is 232 g/mol. The van der Waals surface area contributed by atoms with Crippen LogP contribution >= 0.6 is 23.5 Å². The number of unbranched alkanes of at least 4 members (excludes halogenated alkanes) is 1. The molecule has 0 aromatic heterocycles. The molecule has 0 unspecified atom stereocenters. The first kappa shape index (κ1) is 12.4. The van der Waals surface area contributed by atoms with Crippen LogP contribution in [0.15, 0.2) is 0 Å². The van der Waals surface area contributed by atoms with E-state index < -0.39 is 0 Å². The minimum Gasteiger partial charge on any atom is -0.300 e. The molecule has 0 amide bonds. The highest BCUT2D eigenvalue weighted by atomic mass is 32.2. The number of hydrogen-bond donors (Lipinski definition) is 0. The summed E-state index contributed by atoms with van der Waals surface area (Å²) in [5.74, 6) is 2.88. The molecule has 0 N–H and O–H groups in total. The van der Waals surface area contributed by atoms with Crippen LogP contribution in [0, 0.1) is 0 Å². The van der Waals surface area contributed by atoms with Crippen molar-refractivity contribution in [3.8, 4) is 0 Å². The van der Waals surface area contributed by atoms with Gasteiger partial charge in [-0.3, -0.25) is 0 Å². The molecule has 1 aliphatic heterocycles. The molecule has 0 aromatic rings. The van der Waals surface area contributed by atoms with E-state index in [9.17, 15) is 4.79 Å². The van der Waals surface area contributed by atoms with Crippen LogP contribution in [0.1, 0.15) is 46.0 Å². The van der Waals surface area contributed by atoms with Crippen LogP contribution in [0.2, 0.25) is 0 Å².